The molecule has 0 saturated heterocycles. The van der Waals surface area contributed by atoms with Gasteiger partial charge in [-0.3, -0.25) is 0 Å². The Morgan fingerprint density at radius 2 is 2.09 bits per heavy atom. The van der Waals surface area contributed by atoms with Gasteiger partial charge in [0.15, 0.2) is 0 Å². The number of rotatable bonds is 9. The maximum Gasteiger partial charge on any atom is 0.126 e. The highest BCUT2D eigenvalue weighted by molar-refractivity contribution is 5.44. The van der Waals surface area contributed by atoms with Gasteiger partial charge in [-0.15, -0.1) is 0 Å². The van der Waals surface area contributed by atoms with Crippen molar-refractivity contribution in [2.75, 3.05) is 20.3 Å². The Morgan fingerprint density at radius 1 is 1.30 bits per heavy atom. The van der Waals surface area contributed by atoms with E-state index in [1.807, 2.05) is 6.07 Å². The summed E-state index contributed by atoms with van der Waals surface area (Å²) in [5.41, 5.74) is 1.30. The van der Waals surface area contributed by atoms with Crippen molar-refractivity contribution in [2.24, 2.45) is 5.92 Å². The Kier molecular flexibility index (Phi) is 6.34. The molecule has 0 fully saturated rings. The van der Waals surface area contributed by atoms with Gasteiger partial charge in [0.1, 0.15) is 11.5 Å². The van der Waals surface area contributed by atoms with E-state index < -0.39 is 0 Å². The molecular formula is C20H32O3. The predicted molar refractivity (Wildman–Crippen MR) is 94.6 cm³/mol. The first-order valence-electron chi connectivity index (χ1n) is 8.86. The number of hydrogen-bond donors (Lipinski definition) is 0. The van der Waals surface area contributed by atoms with Gasteiger partial charge in [-0.25, -0.2) is 0 Å². The molecule has 1 aromatic carbocycles. The third-order valence-electron chi connectivity index (χ3n) is 4.91. The van der Waals surface area contributed by atoms with Crippen molar-refractivity contribution >= 4 is 0 Å². The summed E-state index contributed by atoms with van der Waals surface area (Å²) in [6.45, 7) is 10.3. The third-order valence-corrected chi connectivity index (χ3v) is 4.91. The molecule has 0 aliphatic carbocycles. The quantitative estimate of drug-likeness (QED) is 0.627. The summed E-state index contributed by atoms with van der Waals surface area (Å²) >= 11 is 0. The molecule has 1 aliphatic heterocycles. The van der Waals surface area contributed by atoms with Crippen LogP contribution in [0.25, 0.3) is 0 Å². The Balaban J connectivity index is 1.67. The van der Waals surface area contributed by atoms with E-state index in [2.05, 4.69) is 39.8 Å². The van der Waals surface area contributed by atoms with Crippen molar-refractivity contribution in [1.82, 2.24) is 0 Å². The molecule has 0 bridgehead atoms. The van der Waals surface area contributed by atoms with Gasteiger partial charge in [-0.05, 0) is 38.7 Å². The maximum absolute atomic E-state index is 5.90. The fourth-order valence-electron chi connectivity index (χ4n) is 2.94. The van der Waals surface area contributed by atoms with E-state index in [1.54, 1.807) is 7.11 Å². The molecule has 1 aliphatic rings. The molecule has 3 heteroatoms. The minimum absolute atomic E-state index is 0.00221. The smallest absolute Gasteiger partial charge is 0.126 e. The number of methoxy groups -OCH3 is 1. The average molecular weight is 320 g/mol. The van der Waals surface area contributed by atoms with Crippen LogP contribution in [0.4, 0.5) is 0 Å². The van der Waals surface area contributed by atoms with Crippen LogP contribution in [0.5, 0.6) is 11.5 Å². The first-order chi connectivity index (χ1) is 10.9. The highest BCUT2D eigenvalue weighted by atomic mass is 16.5. The summed E-state index contributed by atoms with van der Waals surface area (Å²) < 4.78 is 17.0. The van der Waals surface area contributed by atoms with Gasteiger partial charge in [-0.1, -0.05) is 32.8 Å². The molecule has 0 N–H and O–H groups in total. The standard InChI is InChI=1S/C20H32O3/c1-15(7-6-11-20(3,4)21-5)10-12-22-17-8-9-18-16(2)14-23-19(18)13-17/h8-9,13,15-16H,6-7,10-12,14H2,1-5H3. The SMILES string of the molecule is COC(C)(C)CCCC(C)CCOc1ccc2c(c1)OCC2C. The highest BCUT2D eigenvalue weighted by Gasteiger charge is 2.20. The summed E-state index contributed by atoms with van der Waals surface area (Å²) in [6, 6.07) is 6.24. The van der Waals surface area contributed by atoms with E-state index >= 15 is 0 Å². The van der Waals surface area contributed by atoms with Gasteiger partial charge in [-0.2, -0.15) is 0 Å². The summed E-state index contributed by atoms with van der Waals surface area (Å²) in [5, 5.41) is 0. The third kappa shape index (κ3) is 5.42. The molecule has 23 heavy (non-hydrogen) atoms. The molecule has 0 spiro atoms. The second kappa shape index (κ2) is 8.05. The molecule has 0 saturated carbocycles. The van der Waals surface area contributed by atoms with Crippen LogP contribution in [0.15, 0.2) is 18.2 Å². The lowest BCUT2D eigenvalue weighted by atomic mass is 9.95. The van der Waals surface area contributed by atoms with Crippen LogP contribution in [0, 0.1) is 5.92 Å². The number of hydrogen-bond acceptors (Lipinski definition) is 3. The zero-order valence-corrected chi connectivity index (χ0v) is 15.4. The fourth-order valence-corrected chi connectivity index (χ4v) is 2.94. The Bertz CT molecular complexity index is 496. The van der Waals surface area contributed by atoms with Crippen molar-refractivity contribution in [1.29, 1.82) is 0 Å². The van der Waals surface area contributed by atoms with Crippen molar-refractivity contribution in [3.8, 4) is 11.5 Å². The van der Waals surface area contributed by atoms with E-state index in [-0.39, 0.29) is 5.60 Å². The molecule has 3 nitrogen and oxygen atoms in total. The maximum atomic E-state index is 5.90. The van der Waals surface area contributed by atoms with Gasteiger partial charge >= 0.3 is 0 Å². The van der Waals surface area contributed by atoms with Crippen LogP contribution < -0.4 is 9.47 Å². The first kappa shape index (κ1) is 18.1. The minimum atomic E-state index is -0.00221. The van der Waals surface area contributed by atoms with Crippen LogP contribution in [0.1, 0.15) is 64.9 Å². The van der Waals surface area contributed by atoms with Gasteiger partial charge < -0.3 is 14.2 Å². The second-order valence-electron chi connectivity index (χ2n) is 7.51. The lowest BCUT2D eigenvalue weighted by Crippen LogP contribution is -2.22. The lowest BCUT2D eigenvalue weighted by molar-refractivity contribution is 0.0126. The van der Waals surface area contributed by atoms with E-state index in [9.17, 15) is 0 Å². The van der Waals surface area contributed by atoms with Crippen molar-refractivity contribution in [2.45, 2.75) is 64.9 Å². The summed E-state index contributed by atoms with van der Waals surface area (Å²) in [5.74, 6) is 3.08. The molecule has 1 heterocycles. The van der Waals surface area contributed by atoms with Gasteiger partial charge in [0.2, 0.25) is 0 Å². The predicted octanol–water partition coefficient (Wildman–Crippen LogP) is 5.18. The van der Waals surface area contributed by atoms with Gasteiger partial charge in [0, 0.05) is 24.7 Å². The van der Waals surface area contributed by atoms with E-state index in [4.69, 9.17) is 14.2 Å². The molecular weight excluding hydrogens is 288 g/mol. The lowest BCUT2D eigenvalue weighted by Gasteiger charge is -2.23. The monoisotopic (exact) mass is 320 g/mol. The zero-order chi connectivity index (χ0) is 16.9. The molecule has 2 unspecified atom stereocenters. The van der Waals surface area contributed by atoms with Crippen LogP contribution in [0.3, 0.4) is 0 Å². The number of benzene rings is 1. The molecule has 1 aromatic rings. The van der Waals surface area contributed by atoms with Crippen LogP contribution in [0.2, 0.25) is 0 Å². The average Bonchev–Trinajstić information content (AvgIpc) is 2.88. The van der Waals surface area contributed by atoms with Crippen LogP contribution in [-0.2, 0) is 4.74 Å². The summed E-state index contributed by atoms with van der Waals surface area (Å²) in [7, 11) is 1.79. The Labute approximate surface area is 141 Å². The van der Waals surface area contributed by atoms with Gasteiger partial charge in [0.05, 0.1) is 18.8 Å². The van der Waals surface area contributed by atoms with Crippen LogP contribution >= 0.6 is 0 Å². The molecule has 2 atom stereocenters. The zero-order valence-electron chi connectivity index (χ0n) is 15.4. The van der Waals surface area contributed by atoms with Crippen molar-refractivity contribution in [3.63, 3.8) is 0 Å². The van der Waals surface area contributed by atoms with Crippen molar-refractivity contribution in [3.05, 3.63) is 23.8 Å². The second-order valence-corrected chi connectivity index (χ2v) is 7.51. The topological polar surface area (TPSA) is 27.7 Å². The fraction of sp³-hybridized carbons (Fsp3) is 0.700. The number of ether oxygens (including phenoxy) is 3. The van der Waals surface area contributed by atoms with Crippen molar-refractivity contribution < 1.29 is 14.2 Å². The minimum Gasteiger partial charge on any atom is -0.493 e. The summed E-state index contributed by atoms with van der Waals surface area (Å²) in [4.78, 5) is 0. The van der Waals surface area contributed by atoms with E-state index in [0.717, 1.165) is 37.6 Å². The summed E-state index contributed by atoms with van der Waals surface area (Å²) in [6.07, 6.45) is 4.62. The number of fused-ring (bicyclic) bond motifs is 1. The molecule has 2 rings (SSSR count). The van der Waals surface area contributed by atoms with Gasteiger partial charge in [0.25, 0.3) is 0 Å². The largest absolute Gasteiger partial charge is 0.493 e. The molecule has 130 valence electrons. The molecule has 0 amide bonds. The molecule has 0 radical (unpaired) electrons. The normalized spacial score (nSPS) is 18.4. The Morgan fingerprint density at radius 3 is 2.83 bits per heavy atom. The molecule has 0 aromatic heterocycles. The highest BCUT2D eigenvalue weighted by Crippen LogP contribution is 2.36. The van der Waals surface area contributed by atoms with Crippen LogP contribution in [-0.4, -0.2) is 25.9 Å². The van der Waals surface area contributed by atoms with E-state index in [1.165, 1.54) is 18.4 Å². The first-order valence-corrected chi connectivity index (χ1v) is 8.86. The Hall–Kier alpha value is -1.22. The van der Waals surface area contributed by atoms with E-state index in [0.29, 0.717) is 11.8 Å².